The van der Waals surface area contributed by atoms with Crippen molar-refractivity contribution in [3.63, 3.8) is 0 Å². The Morgan fingerprint density at radius 1 is 1.27 bits per heavy atom. The van der Waals surface area contributed by atoms with E-state index in [2.05, 4.69) is 23.5 Å². The lowest BCUT2D eigenvalue weighted by molar-refractivity contribution is 0.0835. The van der Waals surface area contributed by atoms with E-state index in [4.69, 9.17) is 0 Å². The first-order valence-electron chi connectivity index (χ1n) is 8.48. The highest BCUT2D eigenvalue weighted by Gasteiger charge is 2.23. The number of aliphatic hydroxyl groups excluding tert-OH is 1. The molecular formula is C18H26N2O2. The molecular weight excluding hydrogens is 276 g/mol. The zero-order chi connectivity index (χ0) is 15.5. The number of aryl methyl sites for hydroxylation is 2. The van der Waals surface area contributed by atoms with Gasteiger partial charge in [-0.3, -0.25) is 0 Å². The van der Waals surface area contributed by atoms with E-state index in [1.807, 2.05) is 6.92 Å². The number of carbonyl (C=O) groups is 1. The number of amides is 2. The van der Waals surface area contributed by atoms with Gasteiger partial charge in [-0.1, -0.05) is 18.2 Å². The molecule has 0 spiro atoms. The third-order valence-electron chi connectivity index (χ3n) is 4.90. The fourth-order valence-corrected chi connectivity index (χ4v) is 3.52. The van der Waals surface area contributed by atoms with E-state index in [0.717, 1.165) is 25.8 Å². The van der Waals surface area contributed by atoms with E-state index in [0.29, 0.717) is 6.54 Å². The van der Waals surface area contributed by atoms with Crippen LogP contribution in [0, 0.1) is 0 Å². The summed E-state index contributed by atoms with van der Waals surface area (Å²) in [6, 6.07) is 6.55. The van der Waals surface area contributed by atoms with Gasteiger partial charge in [0.1, 0.15) is 0 Å². The molecule has 0 radical (unpaired) electrons. The van der Waals surface area contributed by atoms with Crippen LogP contribution in [0.1, 0.15) is 55.3 Å². The second-order valence-electron chi connectivity index (χ2n) is 6.65. The smallest absolute Gasteiger partial charge is 0.317 e. The number of β-amino-alcohol motifs (C(OH)–C–C–N with tert-alkyl or cyclic N) is 1. The second-order valence-corrected chi connectivity index (χ2v) is 6.65. The van der Waals surface area contributed by atoms with Gasteiger partial charge in [-0.2, -0.15) is 0 Å². The number of carbonyl (C=O) groups excluding carboxylic acids is 1. The number of likely N-dealkylation sites (tertiary alicyclic amines) is 1. The molecule has 1 aliphatic heterocycles. The molecule has 2 amide bonds. The summed E-state index contributed by atoms with van der Waals surface area (Å²) in [5.74, 6) is 0. The predicted octanol–water partition coefficient (Wildman–Crippen LogP) is 2.79. The molecule has 1 saturated heterocycles. The first-order valence-corrected chi connectivity index (χ1v) is 8.48. The van der Waals surface area contributed by atoms with E-state index in [9.17, 15) is 9.90 Å². The Kier molecular flexibility index (Phi) is 4.67. The van der Waals surface area contributed by atoms with Gasteiger partial charge in [-0.05, 0) is 62.1 Å². The number of aliphatic hydroxyl groups is 1. The van der Waals surface area contributed by atoms with Crippen LogP contribution >= 0.6 is 0 Å². The van der Waals surface area contributed by atoms with Crippen LogP contribution in [0.3, 0.4) is 0 Å². The molecule has 1 fully saturated rings. The minimum absolute atomic E-state index is 0.00111. The van der Waals surface area contributed by atoms with Crippen LogP contribution in [0.25, 0.3) is 0 Å². The molecule has 0 saturated carbocycles. The number of fused-ring (bicyclic) bond motifs is 1. The minimum atomic E-state index is -0.376. The normalized spacial score (nSPS) is 22.8. The maximum atomic E-state index is 12.3. The van der Waals surface area contributed by atoms with Crippen LogP contribution in [-0.2, 0) is 12.8 Å². The van der Waals surface area contributed by atoms with Crippen molar-refractivity contribution in [1.29, 1.82) is 0 Å². The summed E-state index contributed by atoms with van der Waals surface area (Å²) in [4.78, 5) is 14.0. The van der Waals surface area contributed by atoms with Gasteiger partial charge in [0.25, 0.3) is 0 Å². The molecule has 22 heavy (non-hydrogen) atoms. The highest BCUT2D eigenvalue weighted by molar-refractivity contribution is 5.74. The number of benzene rings is 1. The first kappa shape index (κ1) is 15.3. The number of hydrogen-bond donors (Lipinski definition) is 2. The molecule has 0 bridgehead atoms. The standard InChI is InChI=1S/C18H26N2O2/c1-13(19-18(22)20-10-4-7-17(21)12-20)15-9-8-14-5-2-3-6-16(14)11-15/h8-9,11,13,17,21H,2-7,10,12H2,1H3,(H,19,22). The number of rotatable bonds is 2. The van der Waals surface area contributed by atoms with Crippen LogP contribution < -0.4 is 5.32 Å². The van der Waals surface area contributed by atoms with E-state index in [1.165, 1.54) is 36.0 Å². The van der Waals surface area contributed by atoms with Crippen LogP contribution in [0.2, 0.25) is 0 Å². The number of piperidine rings is 1. The molecule has 3 rings (SSSR count). The predicted molar refractivity (Wildman–Crippen MR) is 86.8 cm³/mol. The summed E-state index contributed by atoms with van der Waals surface area (Å²) in [5.41, 5.74) is 4.08. The second kappa shape index (κ2) is 6.69. The number of nitrogens with one attached hydrogen (secondary N) is 1. The SMILES string of the molecule is CC(NC(=O)N1CCCC(O)C1)c1ccc2c(c1)CCCC2. The first-order chi connectivity index (χ1) is 10.6. The topological polar surface area (TPSA) is 52.6 Å². The van der Waals surface area contributed by atoms with Gasteiger partial charge >= 0.3 is 6.03 Å². The number of hydrogen-bond acceptors (Lipinski definition) is 2. The minimum Gasteiger partial charge on any atom is -0.391 e. The molecule has 4 heteroatoms. The van der Waals surface area contributed by atoms with Crippen molar-refractivity contribution >= 4 is 6.03 Å². The Hall–Kier alpha value is -1.55. The average molecular weight is 302 g/mol. The van der Waals surface area contributed by atoms with E-state index >= 15 is 0 Å². The maximum Gasteiger partial charge on any atom is 0.317 e. The van der Waals surface area contributed by atoms with Gasteiger partial charge in [0.15, 0.2) is 0 Å². The average Bonchev–Trinajstić information content (AvgIpc) is 2.54. The van der Waals surface area contributed by atoms with Gasteiger partial charge in [-0.25, -0.2) is 4.79 Å². The Bertz CT molecular complexity index is 544. The molecule has 120 valence electrons. The molecule has 2 atom stereocenters. The lowest BCUT2D eigenvalue weighted by Gasteiger charge is -2.31. The zero-order valence-corrected chi connectivity index (χ0v) is 13.3. The quantitative estimate of drug-likeness (QED) is 0.882. The summed E-state index contributed by atoms with van der Waals surface area (Å²) in [5, 5.41) is 12.8. The summed E-state index contributed by atoms with van der Waals surface area (Å²) >= 11 is 0. The molecule has 1 aliphatic carbocycles. The summed E-state index contributed by atoms with van der Waals surface area (Å²) in [6.07, 6.45) is 6.19. The highest BCUT2D eigenvalue weighted by atomic mass is 16.3. The zero-order valence-electron chi connectivity index (χ0n) is 13.3. The van der Waals surface area contributed by atoms with Crippen molar-refractivity contribution in [1.82, 2.24) is 10.2 Å². The molecule has 2 aliphatic rings. The fraction of sp³-hybridized carbons (Fsp3) is 0.611. The van der Waals surface area contributed by atoms with Crippen molar-refractivity contribution in [2.24, 2.45) is 0 Å². The van der Waals surface area contributed by atoms with Gasteiger partial charge in [0, 0.05) is 13.1 Å². The van der Waals surface area contributed by atoms with Crippen LogP contribution in [0.15, 0.2) is 18.2 Å². The summed E-state index contributed by atoms with van der Waals surface area (Å²) in [7, 11) is 0. The van der Waals surface area contributed by atoms with Gasteiger partial charge in [0.2, 0.25) is 0 Å². The lowest BCUT2D eigenvalue weighted by atomic mass is 9.89. The van der Waals surface area contributed by atoms with Crippen molar-refractivity contribution in [3.8, 4) is 0 Å². The van der Waals surface area contributed by atoms with Crippen molar-refractivity contribution < 1.29 is 9.90 Å². The van der Waals surface area contributed by atoms with Crippen LogP contribution in [0.4, 0.5) is 4.79 Å². The molecule has 0 aromatic heterocycles. The van der Waals surface area contributed by atoms with Crippen molar-refractivity contribution in [2.45, 2.75) is 57.6 Å². The largest absolute Gasteiger partial charge is 0.391 e. The lowest BCUT2D eigenvalue weighted by Crippen LogP contribution is -2.47. The molecule has 1 aromatic carbocycles. The Morgan fingerprint density at radius 3 is 2.82 bits per heavy atom. The van der Waals surface area contributed by atoms with Gasteiger partial charge in [-0.15, -0.1) is 0 Å². The molecule has 4 nitrogen and oxygen atoms in total. The van der Waals surface area contributed by atoms with Crippen molar-refractivity contribution in [2.75, 3.05) is 13.1 Å². The molecule has 2 unspecified atom stereocenters. The Morgan fingerprint density at radius 2 is 2.05 bits per heavy atom. The molecule has 2 N–H and O–H groups in total. The van der Waals surface area contributed by atoms with Crippen molar-refractivity contribution in [3.05, 3.63) is 34.9 Å². The van der Waals surface area contributed by atoms with Crippen LogP contribution in [0.5, 0.6) is 0 Å². The monoisotopic (exact) mass is 302 g/mol. The third kappa shape index (κ3) is 3.43. The summed E-state index contributed by atoms with van der Waals surface area (Å²) in [6.45, 7) is 3.21. The van der Waals surface area contributed by atoms with Crippen LogP contribution in [-0.4, -0.2) is 35.2 Å². The van der Waals surface area contributed by atoms with E-state index in [1.54, 1.807) is 4.90 Å². The number of urea groups is 1. The maximum absolute atomic E-state index is 12.3. The molecule has 1 aromatic rings. The third-order valence-corrected chi connectivity index (χ3v) is 4.90. The molecule has 1 heterocycles. The number of nitrogens with zero attached hydrogens (tertiary/aromatic N) is 1. The van der Waals surface area contributed by atoms with E-state index in [-0.39, 0.29) is 18.2 Å². The van der Waals surface area contributed by atoms with E-state index < -0.39 is 0 Å². The Balaban J connectivity index is 1.63. The van der Waals surface area contributed by atoms with Gasteiger partial charge in [0.05, 0.1) is 12.1 Å². The Labute approximate surface area is 132 Å². The summed E-state index contributed by atoms with van der Waals surface area (Å²) < 4.78 is 0. The van der Waals surface area contributed by atoms with Gasteiger partial charge < -0.3 is 15.3 Å². The highest BCUT2D eigenvalue weighted by Crippen LogP contribution is 2.25. The fourth-order valence-electron chi connectivity index (χ4n) is 3.52.